The van der Waals surface area contributed by atoms with E-state index in [2.05, 4.69) is 37.3 Å². The number of aromatic nitrogens is 2. The van der Waals surface area contributed by atoms with Gasteiger partial charge in [-0.15, -0.1) is 0 Å². The van der Waals surface area contributed by atoms with Crippen molar-refractivity contribution in [1.29, 1.82) is 0 Å². The molecule has 60 valence electrons. The van der Waals surface area contributed by atoms with E-state index in [0.717, 1.165) is 9.13 Å². The van der Waals surface area contributed by atoms with Crippen molar-refractivity contribution < 1.29 is 4.52 Å². The smallest absolute Gasteiger partial charge is 0.214 e. The van der Waals surface area contributed by atoms with Crippen molar-refractivity contribution >= 4 is 22.6 Å². The lowest BCUT2D eigenvalue weighted by Crippen LogP contribution is -1.83. The SMILES string of the molecule is Ic1ccccc1-c1ncon1. The van der Waals surface area contributed by atoms with Gasteiger partial charge in [-0.05, 0) is 34.7 Å². The van der Waals surface area contributed by atoms with E-state index >= 15 is 0 Å². The molecule has 0 atom stereocenters. The Morgan fingerprint density at radius 2 is 2.08 bits per heavy atom. The van der Waals surface area contributed by atoms with E-state index in [1.807, 2.05) is 24.3 Å². The first-order valence-corrected chi connectivity index (χ1v) is 4.47. The third-order valence-electron chi connectivity index (χ3n) is 1.48. The first kappa shape index (κ1) is 7.72. The summed E-state index contributed by atoms with van der Waals surface area (Å²) in [6.45, 7) is 0. The molecule has 0 saturated heterocycles. The summed E-state index contributed by atoms with van der Waals surface area (Å²) in [5.74, 6) is 0.639. The highest BCUT2D eigenvalue weighted by Crippen LogP contribution is 2.20. The zero-order valence-electron chi connectivity index (χ0n) is 6.07. The van der Waals surface area contributed by atoms with Crippen LogP contribution in [0.2, 0.25) is 0 Å². The first-order valence-electron chi connectivity index (χ1n) is 3.39. The monoisotopic (exact) mass is 272 g/mol. The summed E-state index contributed by atoms with van der Waals surface area (Å²) in [7, 11) is 0. The fourth-order valence-corrected chi connectivity index (χ4v) is 1.56. The molecular weight excluding hydrogens is 267 g/mol. The Hall–Kier alpha value is -0.910. The van der Waals surface area contributed by atoms with E-state index in [0.29, 0.717) is 5.82 Å². The van der Waals surface area contributed by atoms with Crippen molar-refractivity contribution in [2.75, 3.05) is 0 Å². The molecule has 4 heteroatoms. The van der Waals surface area contributed by atoms with E-state index in [1.54, 1.807) is 0 Å². The lowest BCUT2D eigenvalue weighted by molar-refractivity contribution is 0.418. The van der Waals surface area contributed by atoms with E-state index in [1.165, 1.54) is 6.39 Å². The number of benzene rings is 1. The number of hydrogen-bond acceptors (Lipinski definition) is 3. The average molecular weight is 272 g/mol. The van der Waals surface area contributed by atoms with Crippen LogP contribution in [-0.2, 0) is 0 Å². The van der Waals surface area contributed by atoms with Crippen LogP contribution in [0.25, 0.3) is 11.4 Å². The zero-order chi connectivity index (χ0) is 8.39. The molecule has 0 unspecified atom stereocenters. The molecule has 0 aliphatic heterocycles. The van der Waals surface area contributed by atoms with Crippen LogP contribution in [0.15, 0.2) is 35.2 Å². The van der Waals surface area contributed by atoms with E-state index < -0.39 is 0 Å². The van der Waals surface area contributed by atoms with E-state index in [4.69, 9.17) is 0 Å². The van der Waals surface area contributed by atoms with Gasteiger partial charge in [0, 0.05) is 9.13 Å². The van der Waals surface area contributed by atoms with Crippen molar-refractivity contribution in [2.24, 2.45) is 0 Å². The van der Waals surface area contributed by atoms with Crippen LogP contribution in [0, 0.1) is 3.57 Å². The minimum absolute atomic E-state index is 0.639. The summed E-state index contributed by atoms with van der Waals surface area (Å²) < 4.78 is 5.78. The van der Waals surface area contributed by atoms with Gasteiger partial charge in [0.1, 0.15) is 0 Å². The zero-order valence-corrected chi connectivity index (χ0v) is 8.22. The molecule has 0 N–H and O–H groups in total. The highest BCUT2D eigenvalue weighted by Gasteiger charge is 2.05. The fourth-order valence-electron chi connectivity index (χ4n) is 0.932. The maximum absolute atomic E-state index is 4.66. The van der Waals surface area contributed by atoms with Gasteiger partial charge in [-0.25, -0.2) is 0 Å². The minimum atomic E-state index is 0.639. The second-order valence-electron chi connectivity index (χ2n) is 2.23. The van der Waals surface area contributed by atoms with Crippen molar-refractivity contribution in [1.82, 2.24) is 10.1 Å². The van der Waals surface area contributed by atoms with Crippen molar-refractivity contribution in [3.05, 3.63) is 34.2 Å². The molecule has 3 nitrogen and oxygen atoms in total. The molecule has 1 aromatic carbocycles. The highest BCUT2D eigenvalue weighted by atomic mass is 127. The van der Waals surface area contributed by atoms with Gasteiger partial charge in [-0.1, -0.05) is 17.3 Å². The van der Waals surface area contributed by atoms with Crippen LogP contribution in [0.4, 0.5) is 0 Å². The molecule has 0 radical (unpaired) electrons. The van der Waals surface area contributed by atoms with Gasteiger partial charge >= 0.3 is 0 Å². The molecule has 2 rings (SSSR count). The van der Waals surface area contributed by atoms with Crippen molar-refractivity contribution in [3.8, 4) is 11.4 Å². The molecule has 2 aromatic rings. The van der Waals surface area contributed by atoms with Gasteiger partial charge in [0.15, 0.2) is 0 Å². The Balaban J connectivity index is 2.55. The Labute approximate surface area is 82.9 Å². The third-order valence-corrected chi connectivity index (χ3v) is 2.42. The maximum atomic E-state index is 4.66. The third kappa shape index (κ3) is 1.34. The predicted molar refractivity (Wildman–Crippen MR) is 52.5 cm³/mol. The average Bonchev–Trinajstić information content (AvgIpc) is 2.57. The van der Waals surface area contributed by atoms with E-state index in [9.17, 15) is 0 Å². The Bertz CT molecular complexity index is 372. The number of halogens is 1. The molecule has 0 spiro atoms. The standard InChI is InChI=1S/C8H5IN2O/c9-7-4-2-1-3-6(7)8-10-5-12-11-8/h1-5H. The minimum Gasteiger partial charge on any atom is -0.342 e. The molecule has 0 aliphatic carbocycles. The molecule has 0 aliphatic rings. The maximum Gasteiger partial charge on any atom is 0.214 e. The van der Waals surface area contributed by atoms with Crippen LogP contribution in [-0.4, -0.2) is 10.1 Å². The predicted octanol–water partition coefficient (Wildman–Crippen LogP) is 2.34. The van der Waals surface area contributed by atoms with Crippen molar-refractivity contribution in [3.63, 3.8) is 0 Å². The van der Waals surface area contributed by atoms with Gasteiger partial charge in [0.2, 0.25) is 12.2 Å². The first-order chi connectivity index (χ1) is 5.88. The number of hydrogen-bond donors (Lipinski definition) is 0. The summed E-state index contributed by atoms with van der Waals surface area (Å²) in [6, 6.07) is 7.90. The molecule has 0 fully saturated rings. The lowest BCUT2D eigenvalue weighted by Gasteiger charge is -1.95. The molecule has 0 bridgehead atoms. The fraction of sp³-hybridized carbons (Fsp3) is 0. The summed E-state index contributed by atoms with van der Waals surface area (Å²) >= 11 is 2.24. The lowest BCUT2D eigenvalue weighted by atomic mass is 10.2. The van der Waals surface area contributed by atoms with Gasteiger partial charge in [-0.3, -0.25) is 0 Å². The second-order valence-corrected chi connectivity index (χ2v) is 3.40. The molecule has 0 saturated carbocycles. The summed E-state index contributed by atoms with van der Waals surface area (Å²) in [4.78, 5) is 3.96. The summed E-state index contributed by atoms with van der Waals surface area (Å²) in [5.41, 5.74) is 1.01. The van der Waals surface area contributed by atoms with Gasteiger partial charge < -0.3 is 4.52 Å². The summed E-state index contributed by atoms with van der Waals surface area (Å²) in [6.07, 6.45) is 1.33. The summed E-state index contributed by atoms with van der Waals surface area (Å²) in [5, 5.41) is 3.76. The Morgan fingerprint density at radius 3 is 2.75 bits per heavy atom. The molecule has 0 amide bonds. The quantitative estimate of drug-likeness (QED) is 0.748. The van der Waals surface area contributed by atoms with Crippen LogP contribution in [0.5, 0.6) is 0 Å². The van der Waals surface area contributed by atoms with Crippen LogP contribution < -0.4 is 0 Å². The second kappa shape index (κ2) is 3.22. The normalized spacial score (nSPS) is 10.1. The Kier molecular flexibility index (Phi) is 2.07. The topological polar surface area (TPSA) is 38.9 Å². The molecule has 1 heterocycles. The molecular formula is C8H5IN2O. The Morgan fingerprint density at radius 1 is 1.25 bits per heavy atom. The van der Waals surface area contributed by atoms with Crippen LogP contribution in [0.3, 0.4) is 0 Å². The number of rotatable bonds is 1. The molecule has 12 heavy (non-hydrogen) atoms. The van der Waals surface area contributed by atoms with Gasteiger partial charge in [0.05, 0.1) is 0 Å². The van der Waals surface area contributed by atoms with E-state index in [-0.39, 0.29) is 0 Å². The van der Waals surface area contributed by atoms with Crippen LogP contribution in [0.1, 0.15) is 0 Å². The van der Waals surface area contributed by atoms with Gasteiger partial charge in [0.25, 0.3) is 0 Å². The van der Waals surface area contributed by atoms with Crippen molar-refractivity contribution in [2.45, 2.75) is 0 Å². The highest BCUT2D eigenvalue weighted by molar-refractivity contribution is 14.1. The number of nitrogens with zero attached hydrogens (tertiary/aromatic N) is 2. The largest absolute Gasteiger partial charge is 0.342 e. The molecule has 1 aromatic heterocycles. The van der Waals surface area contributed by atoms with Crippen LogP contribution >= 0.6 is 22.6 Å². The van der Waals surface area contributed by atoms with Gasteiger partial charge in [-0.2, -0.15) is 4.98 Å².